The Kier molecular flexibility index (Phi) is 5.86. The molecule has 0 bridgehead atoms. The van der Waals surface area contributed by atoms with Crippen molar-refractivity contribution in [2.45, 2.75) is 44.6 Å². The molecule has 0 spiro atoms. The second-order valence-electron chi connectivity index (χ2n) is 5.34. The van der Waals surface area contributed by atoms with Gasteiger partial charge in [0.2, 0.25) is 5.91 Å². The molecule has 1 aliphatic rings. The number of aliphatic hydroxyl groups excluding tert-OH is 1. The number of aliphatic hydroxyl groups is 1. The molecular weight excluding hydrogens is 274 g/mol. The lowest BCUT2D eigenvalue weighted by atomic mass is 10.1. The van der Waals surface area contributed by atoms with Crippen molar-refractivity contribution in [3.8, 4) is 0 Å². The quantitative estimate of drug-likeness (QED) is 0.876. The van der Waals surface area contributed by atoms with Crippen molar-refractivity contribution in [2.75, 3.05) is 13.2 Å². The van der Waals surface area contributed by atoms with E-state index in [1.807, 2.05) is 29.2 Å². The minimum absolute atomic E-state index is 0.0360. The molecule has 1 aromatic carbocycles. The number of carbonyl (C=O) groups excluding carboxylic acids is 1. The Morgan fingerprint density at radius 2 is 2.00 bits per heavy atom. The van der Waals surface area contributed by atoms with Gasteiger partial charge in [0.15, 0.2) is 0 Å². The van der Waals surface area contributed by atoms with Crippen LogP contribution in [0, 0.1) is 0 Å². The van der Waals surface area contributed by atoms with Gasteiger partial charge in [0.05, 0.1) is 6.61 Å². The van der Waals surface area contributed by atoms with Crippen LogP contribution in [0.25, 0.3) is 0 Å². The average molecular weight is 296 g/mol. The Morgan fingerprint density at radius 1 is 1.30 bits per heavy atom. The summed E-state index contributed by atoms with van der Waals surface area (Å²) in [5.41, 5.74) is 1.01. The average Bonchev–Trinajstić information content (AvgIpc) is 2.97. The number of amides is 1. The van der Waals surface area contributed by atoms with Gasteiger partial charge >= 0.3 is 0 Å². The number of hydrogen-bond donors (Lipinski definition) is 1. The van der Waals surface area contributed by atoms with Crippen LogP contribution in [0.5, 0.6) is 0 Å². The molecule has 3 nitrogen and oxygen atoms in total. The SMILES string of the molecule is O=C(CCc1ccccc1Cl)N(CCO)C1CCCC1. The minimum atomic E-state index is 0.0360. The second-order valence-corrected chi connectivity index (χ2v) is 5.75. The summed E-state index contributed by atoms with van der Waals surface area (Å²) in [5, 5.41) is 9.88. The van der Waals surface area contributed by atoms with Crippen molar-refractivity contribution >= 4 is 17.5 Å². The number of rotatable bonds is 6. The molecule has 0 radical (unpaired) electrons. The van der Waals surface area contributed by atoms with Gasteiger partial charge in [0.25, 0.3) is 0 Å². The molecule has 0 aliphatic heterocycles. The summed E-state index contributed by atoms with van der Waals surface area (Å²) >= 11 is 6.11. The third-order valence-electron chi connectivity index (χ3n) is 3.99. The lowest BCUT2D eigenvalue weighted by Crippen LogP contribution is -2.40. The highest BCUT2D eigenvalue weighted by Gasteiger charge is 2.25. The summed E-state index contributed by atoms with van der Waals surface area (Å²) in [5.74, 6) is 0.130. The third-order valence-corrected chi connectivity index (χ3v) is 4.36. The number of carbonyl (C=O) groups is 1. The third kappa shape index (κ3) is 3.97. The molecule has 0 saturated heterocycles. The highest BCUT2D eigenvalue weighted by molar-refractivity contribution is 6.31. The van der Waals surface area contributed by atoms with Gasteiger partial charge < -0.3 is 10.0 Å². The van der Waals surface area contributed by atoms with Crippen LogP contribution in [0.4, 0.5) is 0 Å². The Morgan fingerprint density at radius 3 is 2.65 bits per heavy atom. The molecule has 110 valence electrons. The van der Waals surface area contributed by atoms with Crippen LogP contribution >= 0.6 is 11.6 Å². The van der Waals surface area contributed by atoms with Gasteiger partial charge in [-0.1, -0.05) is 42.6 Å². The van der Waals surface area contributed by atoms with Gasteiger partial charge in [-0.3, -0.25) is 4.79 Å². The Bertz CT molecular complexity index is 444. The zero-order valence-corrected chi connectivity index (χ0v) is 12.5. The summed E-state index contributed by atoms with van der Waals surface area (Å²) in [6.45, 7) is 0.486. The standard InChI is InChI=1S/C16H22ClNO2/c17-15-8-4-1-5-13(15)9-10-16(20)18(11-12-19)14-6-2-3-7-14/h1,4-5,8,14,19H,2-3,6-7,9-12H2. The van der Waals surface area contributed by atoms with Gasteiger partial charge in [0, 0.05) is 24.0 Å². The topological polar surface area (TPSA) is 40.5 Å². The molecule has 0 aromatic heterocycles. The van der Waals surface area contributed by atoms with E-state index in [4.69, 9.17) is 16.7 Å². The van der Waals surface area contributed by atoms with E-state index in [1.54, 1.807) is 0 Å². The monoisotopic (exact) mass is 295 g/mol. The van der Waals surface area contributed by atoms with Crippen LogP contribution in [-0.2, 0) is 11.2 Å². The molecule has 1 aromatic rings. The summed E-state index contributed by atoms with van der Waals surface area (Å²) < 4.78 is 0. The van der Waals surface area contributed by atoms with Gasteiger partial charge in [-0.2, -0.15) is 0 Å². The van der Waals surface area contributed by atoms with Gasteiger partial charge in [-0.05, 0) is 30.9 Å². The maximum atomic E-state index is 12.4. The minimum Gasteiger partial charge on any atom is -0.395 e. The van der Waals surface area contributed by atoms with E-state index in [2.05, 4.69) is 0 Å². The van der Waals surface area contributed by atoms with Crippen molar-refractivity contribution in [3.63, 3.8) is 0 Å². The smallest absolute Gasteiger partial charge is 0.223 e. The van der Waals surface area contributed by atoms with Crippen molar-refractivity contribution < 1.29 is 9.90 Å². The summed E-state index contributed by atoms with van der Waals surface area (Å²) in [6, 6.07) is 7.96. The van der Waals surface area contributed by atoms with Crippen molar-refractivity contribution in [1.82, 2.24) is 4.90 Å². The van der Waals surface area contributed by atoms with Gasteiger partial charge in [-0.15, -0.1) is 0 Å². The highest BCUT2D eigenvalue weighted by atomic mass is 35.5. The molecule has 20 heavy (non-hydrogen) atoms. The molecule has 1 amide bonds. The van der Waals surface area contributed by atoms with E-state index in [-0.39, 0.29) is 12.5 Å². The van der Waals surface area contributed by atoms with Crippen LogP contribution in [-0.4, -0.2) is 35.1 Å². The van der Waals surface area contributed by atoms with E-state index in [1.165, 1.54) is 12.8 Å². The van der Waals surface area contributed by atoms with Crippen LogP contribution < -0.4 is 0 Å². The molecule has 1 aliphatic carbocycles. The molecule has 0 atom stereocenters. The number of hydrogen-bond acceptors (Lipinski definition) is 2. The zero-order valence-electron chi connectivity index (χ0n) is 11.7. The zero-order chi connectivity index (χ0) is 14.4. The fourth-order valence-corrected chi connectivity index (χ4v) is 3.15. The molecule has 0 heterocycles. The first kappa shape index (κ1) is 15.3. The largest absolute Gasteiger partial charge is 0.395 e. The number of benzene rings is 1. The first-order valence-electron chi connectivity index (χ1n) is 7.36. The van der Waals surface area contributed by atoms with Gasteiger partial charge in [0.1, 0.15) is 0 Å². The van der Waals surface area contributed by atoms with E-state index in [0.717, 1.165) is 23.4 Å². The summed E-state index contributed by atoms with van der Waals surface area (Å²) in [4.78, 5) is 14.2. The highest BCUT2D eigenvalue weighted by Crippen LogP contribution is 2.24. The Balaban J connectivity index is 1.93. The van der Waals surface area contributed by atoms with Crippen LogP contribution in [0.2, 0.25) is 5.02 Å². The van der Waals surface area contributed by atoms with Crippen LogP contribution in [0.15, 0.2) is 24.3 Å². The van der Waals surface area contributed by atoms with Crippen molar-refractivity contribution in [1.29, 1.82) is 0 Å². The number of aryl methyl sites for hydroxylation is 1. The molecule has 0 unspecified atom stereocenters. The lowest BCUT2D eigenvalue weighted by molar-refractivity contribution is -0.134. The predicted octanol–water partition coefficient (Wildman–Crippen LogP) is 3.04. The fraction of sp³-hybridized carbons (Fsp3) is 0.562. The molecular formula is C16H22ClNO2. The molecule has 1 fully saturated rings. The lowest BCUT2D eigenvalue weighted by Gasteiger charge is -2.28. The van der Waals surface area contributed by atoms with E-state index in [0.29, 0.717) is 25.4 Å². The summed E-state index contributed by atoms with van der Waals surface area (Å²) in [6.07, 6.45) is 5.62. The molecule has 2 rings (SSSR count). The maximum Gasteiger partial charge on any atom is 0.223 e. The fourth-order valence-electron chi connectivity index (χ4n) is 2.92. The molecule has 1 N–H and O–H groups in total. The molecule has 1 saturated carbocycles. The second kappa shape index (κ2) is 7.65. The van der Waals surface area contributed by atoms with Crippen molar-refractivity contribution in [2.24, 2.45) is 0 Å². The predicted molar refractivity (Wildman–Crippen MR) is 80.8 cm³/mol. The number of halogens is 1. The first-order valence-corrected chi connectivity index (χ1v) is 7.74. The van der Waals surface area contributed by atoms with E-state index in [9.17, 15) is 4.79 Å². The first-order chi connectivity index (χ1) is 9.72. The number of nitrogens with zero attached hydrogens (tertiary/aromatic N) is 1. The maximum absolute atomic E-state index is 12.4. The van der Waals surface area contributed by atoms with Crippen molar-refractivity contribution in [3.05, 3.63) is 34.9 Å². The molecule has 4 heteroatoms. The normalized spacial score (nSPS) is 15.5. The van der Waals surface area contributed by atoms with E-state index < -0.39 is 0 Å². The Hall–Kier alpha value is -1.06. The van der Waals surface area contributed by atoms with E-state index >= 15 is 0 Å². The Labute approximate surface area is 125 Å². The van der Waals surface area contributed by atoms with Crippen LogP contribution in [0.3, 0.4) is 0 Å². The van der Waals surface area contributed by atoms with Gasteiger partial charge in [-0.25, -0.2) is 0 Å². The van der Waals surface area contributed by atoms with Crippen LogP contribution in [0.1, 0.15) is 37.7 Å². The summed E-state index contributed by atoms with van der Waals surface area (Å²) in [7, 11) is 0.